The van der Waals surface area contributed by atoms with Crippen LogP contribution in [0, 0.1) is 0 Å². The number of hydrogen-bond donors (Lipinski definition) is 0. The molecule has 2 aromatic heterocycles. The number of hydrogen-bond acceptors (Lipinski definition) is 4. The number of nitrogens with zero attached hydrogens (tertiary/aromatic N) is 3. The Morgan fingerprint density at radius 1 is 0.389 bits per heavy atom. The van der Waals surface area contributed by atoms with Crippen molar-refractivity contribution in [3.63, 3.8) is 0 Å². The standard InChI is InChI=1S/C50H33N3O/c1-50(2)42-16-8-7-14-39(42)40-28-37(24-25-43(40)50)49-52-47(51-48(53-49)36-23-18-30-10-3-4-11-33(30)26-36)32-21-19-31(20-22-32)38-15-9-17-44-46(38)41-27-34-12-5-6-13-35(34)29-45(41)54-44/h3-29H,1-2H3. The largest absolute Gasteiger partial charge is 0.456 e. The second kappa shape index (κ2) is 11.5. The molecule has 0 aliphatic heterocycles. The Kier molecular flexibility index (Phi) is 6.56. The maximum absolute atomic E-state index is 6.38. The van der Waals surface area contributed by atoms with Gasteiger partial charge in [-0.25, -0.2) is 15.0 Å². The summed E-state index contributed by atoms with van der Waals surface area (Å²) < 4.78 is 6.38. The summed E-state index contributed by atoms with van der Waals surface area (Å²) in [5.74, 6) is 1.93. The van der Waals surface area contributed by atoms with E-state index in [-0.39, 0.29) is 5.41 Å². The highest BCUT2D eigenvalue weighted by Crippen LogP contribution is 2.49. The van der Waals surface area contributed by atoms with Crippen LogP contribution in [0.2, 0.25) is 0 Å². The molecule has 0 N–H and O–H groups in total. The molecule has 1 aliphatic carbocycles. The van der Waals surface area contributed by atoms with Crippen molar-refractivity contribution in [3.8, 4) is 56.4 Å². The molecule has 8 aromatic carbocycles. The molecule has 0 amide bonds. The van der Waals surface area contributed by atoms with Gasteiger partial charge in [-0.05, 0) is 85.3 Å². The first-order valence-corrected chi connectivity index (χ1v) is 18.4. The molecule has 4 nitrogen and oxygen atoms in total. The molecule has 0 fully saturated rings. The molecule has 4 heteroatoms. The predicted octanol–water partition coefficient (Wildman–Crippen LogP) is 13.1. The number of aromatic nitrogens is 3. The minimum atomic E-state index is -0.0758. The summed E-state index contributed by atoms with van der Waals surface area (Å²) in [6.07, 6.45) is 0. The second-order valence-corrected chi connectivity index (χ2v) is 14.9. The van der Waals surface area contributed by atoms with Gasteiger partial charge in [0.25, 0.3) is 0 Å². The van der Waals surface area contributed by atoms with Crippen molar-refractivity contribution >= 4 is 43.5 Å². The Balaban J connectivity index is 1.05. The Labute approximate surface area is 312 Å². The van der Waals surface area contributed by atoms with E-state index in [2.05, 4.69) is 178 Å². The van der Waals surface area contributed by atoms with E-state index in [1.54, 1.807) is 0 Å². The molecular weight excluding hydrogens is 659 g/mol. The van der Waals surface area contributed by atoms with Crippen molar-refractivity contribution in [3.05, 3.63) is 175 Å². The summed E-state index contributed by atoms with van der Waals surface area (Å²) in [5, 5.41) is 6.93. The van der Waals surface area contributed by atoms with Crippen molar-refractivity contribution in [2.75, 3.05) is 0 Å². The first-order valence-electron chi connectivity index (χ1n) is 18.4. The van der Waals surface area contributed by atoms with Gasteiger partial charge in [0.05, 0.1) is 0 Å². The first kappa shape index (κ1) is 30.7. The molecule has 254 valence electrons. The summed E-state index contributed by atoms with van der Waals surface area (Å²) in [4.78, 5) is 15.4. The van der Waals surface area contributed by atoms with Gasteiger partial charge in [0.2, 0.25) is 0 Å². The predicted molar refractivity (Wildman–Crippen MR) is 221 cm³/mol. The summed E-state index contributed by atoms with van der Waals surface area (Å²) in [6.45, 7) is 4.61. The lowest BCUT2D eigenvalue weighted by Crippen LogP contribution is -2.14. The zero-order valence-corrected chi connectivity index (χ0v) is 29.8. The zero-order chi connectivity index (χ0) is 36.0. The van der Waals surface area contributed by atoms with E-state index in [0.29, 0.717) is 17.5 Å². The summed E-state index contributed by atoms with van der Waals surface area (Å²) in [5.41, 5.74) is 11.9. The fourth-order valence-electron chi connectivity index (χ4n) is 8.50. The quantitative estimate of drug-likeness (QED) is 0.184. The first-order chi connectivity index (χ1) is 26.5. The molecule has 0 saturated heterocycles. The van der Waals surface area contributed by atoms with Gasteiger partial charge >= 0.3 is 0 Å². The fraction of sp³-hybridized carbons (Fsp3) is 0.0600. The molecule has 0 saturated carbocycles. The lowest BCUT2D eigenvalue weighted by Gasteiger charge is -2.21. The van der Waals surface area contributed by atoms with E-state index in [1.165, 1.54) is 38.4 Å². The summed E-state index contributed by atoms with van der Waals surface area (Å²) in [6, 6.07) is 57.9. The highest BCUT2D eigenvalue weighted by atomic mass is 16.3. The van der Waals surface area contributed by atoms with Gasteiger partial charge in [0.15, 0.2) is 17.5 Å². The van der Waals surface area contributed by atoms with Gasteiger partial charge < -0.3 is 4.42 Å². The fourth-order valence-corrected chi connectivity index (χ4v) is 8.50. The van der Waals surface area contributed by atoms with E-state index in [0.717, 1.165) is 55.1 Å². The smallest absolute Gasteiger partial charge is 0.164 e. The van der Waals surface area contributed by atoms with Crippen molar-refractivity contribution < 1.29 is 4.42 Å². The lowest BCUT2D eigenvalue weighted by atomic mass is 9.82. The molecule has 2 heterocycles. The molecule has 0 bridgehead atoms. The average Bonchev–Trinajstić information content (AvgIpc) is 3.70. The van der Waals surface area contributed by atoms with Crippen molar-refractivity contribution in [1.29, 1.82) is 0 Å². The number of furan rings is 1. The van der Waals surface area contributed by atoms with Crippen molar-refractivity contribution in [1.82, 2.24) is 15.0 Å². The Hall–Kier alpha value is -6.91. The monoisotopic (exact) mass is 691 g/mol. The summed E-state index contributed by atoms with van der Waals surface area (Å²) >= 11 is 0. The number of benzene rings is 8. The molecule has 54 heavy (non-hydrogen) atoms. The van der Waals surface area contributed by atoms with Crippen LogP contribution < -0.4 is 0 Å². The second-order valence-electron chi connectivity index (χ2n) is 14.9. The molecular formula is C50H33N3O. The van der Waals surface area contributed by atoms with Crippen LogP contribution in [0.15, 0.2) is 168 Å². The van der Waals surface area contributed by atoms with Crippen LogP contribution in [0.4, 0.5) is 0 Å². The van der Waals surface area contributed by atoms with Gasteiger partial charge in [-0.3, -0.25) is 0 Å². The molecule has 11 rings (SSSR count). The van der Waals surface area contributed by atoms with Crippen LogP contribution in [-0.4, -0.2) is 15.0 Å². The lowest BCUT2D eigenvalue weighted by molar-refractivity contribution is 0.660. The normalized spacial score (nSPS) is 13.1. The Bertz CT molecular complexity index is 3140. The zero-order valence-electron chi connectivity index (χ0n) is 29.8. The average molecular weight is 692 g/mol. The molecule has 0 atom stereocenters. The van der Waals surface area contributed by atoms with Crippen LogP contribution in [0.25, 0.3) is 99.9 Å². The molecule has 1 aliphatic rings. The Morgan fingerprint density at radius 2 is 0.944 bits per heavy atom. The van der Waals surface area contributed by atoms with Crippen molar-refractivity contribution in [2.45, 2.75) is 19.3 Å². The maximum Gasteiger partial charge on any atom is 0.164 e. The number of rotatable bonds is 4. The van der Waals surface area contributed by atoms with E-state index in [9.17, 15) is 0 Å². The van der Waals surface area contributed by atoms with Crippen LogP contribution in [0.5, 0.6) is 0 Å². The van der Waals surface area contributed by atoms with E-state index >= 15 is 0 Å². The van der Waals surface area contributed by atoms with E-state index in [1.807, 2.05) is 0 Å². The maximum atomic E-state index is 6.38. The van der Waals surface area contributed by atoms with Crippen molar-refractivity contribution in [2.24, 2.45) is 0 Å². The minimum Gasteiger partial charge on any atom is -0.456 e. The highest BCUT2D eigenvalue weighted by Gasteiger charge is 2.35. The van der Waals surface area contributed by atoms with Gasteiger partial charge in [0.1, 0.15) is 11.2 Å². The minimum absolute atomic E-state index is 0.0758. The molecule has 0 unspecified atom stereocenters. The molecule has 0 radical (unpaired) electrons. The SMILES string of the molecule is CC1(C)c2ccccc2-c2cc(-c3nc(-c4ccc(-c5cccc6oc7cc8ccccc8cc7c56)cc4)nc(-c4ccc5ccccc5c4)n3)ccc21. The van der Waals surface area contributed by atoms with Crippen LogP contribution >= 0.6 is 0 Å². The third kappa shape index (κ3) is 4.73. The van der Waals surface area contributed by atoms with Crippen LogP contribution in [0.1, 0.15) is 25.0 Å². The number of fused-ring (bicyclic) bond motifs is 8. The highest BCUT2D eigenvalue weighted by molar-refractivity contribution is 6.15. The third-order valence-electron chi connectivity index (χ3n) is 11.3. The molecule has 10 aromatic rings. The van der Waals surface area contributed by atoms with Gasteiger partial charge in [-0.2, -0.15) is 0 Å². The topological polar surface area (TPSA) is 51.8 Å². The van der Waals surface area contributed by atoms with Gasteiger partial charge in [0, 0.05) is 32.9 Å². The van der Waals surface area contributed by atoms with Crippen LogP contribution in [0.3, 0.4) is 0 Å². The van der Waals surface area contributed by atoms with Gasteiger partial charge in [-0.15, -0.1) is 0 Å². The van der Waals surface area contributed by atoms with E-state index < -0.39 is 0 Å². The van der Waals surface area contributed by atoms with Gasteiger partial charge in [-0.1, -0.05) is 147 Å². The van der Waals surface area contributed by atoms with Crippen LogP contribution in [-0.2, 0) is 5.41 Å². The third-order valence-corrected chi connectivity index (χ3v) is 11.3. The van der Waals surface area contributed by atoms with E-state index in [4.69, 9.17) is 19.4 Å². The molecule has 0 spiro atoms. The Morgan fingerprint density at radius 3 is 1.72 bits per heavy atom. The summed E-state index contributed by atoms with van der Waals surface area (Å²) in [7, 11) is 0.